The third kappa shape index (κ3) is 4.69. The zero-order valence-corrected chi connectivity index (χ0v) is 17.0. The standard InChI is InChI=1S/C25H25N3O2/c1-19-11-13-21(14-12-19)30-18-17-26-25(29)16-15-24-27-22-9-5-6-10-23(22)28(24)20-7-3-2-4-8-20/h2-14H,15-18H2,1H3,(H,26,29). The Morgan fingerprint density at radius 2 is 1.70 bits per heavy atom. The Morgan fingerprint density at radius 3 is 2.50 bits per heavy atom. The Kier molecular flexibility index (Phi) is 6.09. The van der Waals surface area contributed by atoms with Crippen LogP contribution in [0.1, 0.15) is 17.8 Å². The summed E-state index contributed by atoms with van der Waals surface area (Å²) in [7, 11) is 0. The molecule has 3 aromatic carbocycles. The van der Waals surface area contributed by atoms with Gasteiger partial charge in [-0.2, -0.15) is 0 Å². The minimum atomic E-state index is -0.00539. The molecule has 4 rings (SSSR count). The zero-order valence-electron chi connectivity index (χ0n) is 17.0. The van der Waals surface area contributed by atoms with Gasteiger partial charge >= 0.3 is 0 Å². The van der Waals surface area contributed by atoms with Crippen LogP contribution in [0.5, 0.6) is 5.75 Å². The molecule has 30 heavy (non-hydrogen) atoms. The summed E-state index contributed by atoms with van der Waals surface area (Å²) < 4.78 is 7.79. The topological polar surface area (TPSA) is 56.1 Å². The van der Waals surface area contributed by atoms with Crippen molar-refractivity contribution < 1.29 is 9.53 Å². The number of hydrogen-bond donors (Lipinski definition) is 1. The van der Waals surface area contributed by atoms with E-state index < -0.39 is 0 Å². The molecule has 4 aromatic rings. The molecular formula is C25H25N3O2. The highest BCUT2D eigenvalue weighted by Gasteiger charge is 2.13. The average molecular weight is 399 g/mol. The van der Waals surface area contributed by atoms with Gasteiger partial charge in [-0.25, -0.2) is 4.98 Å². The van der Waals surface area contributed by atoms with Gasteiger partial charge in [-0.1, -0.05) is 48.0 Å². The number of aryl methyl sites for hydroxylation is 2. The van der Waals surface area contributed by atoms with Crippen LogP contribution in [-0.2, 0) is 11.2 Å². The lowest BCUT2D eigenvalue weighted by Gasteiger charge is -2.10. The lowest BCUT2D eigenvalue weighted by molar-refractivity contribution is -0.121. The van der Waals surface area contributed by atoms with Crippen LogP contribution in [0.4, 0.5) is 0 Å². The first kappa shape index (κ1) is 19.7. The van der Waals surface area contributed by atoms with Crippen LogP contribution in [0.15, 0.2) is 78.9 Å². The van der Waals surface area contributed by atoms with Crippen LogP contribution in [0.25, 0.3) is 16.7 Å². The predicted octanol–water partition coefficient (Wildman–Crippen LogP) is 4.46. The molecule has 0 fully saturated rings. The molecule has 5 heteroatoms. The summed E-state index contributed by atoms with van der Waals surface area (Å²) in [5.41, 5.74) is 4.22. The van der Waals surface area contributed by atoms with Crippen LogP contribution in [0.3, 0.4) is 0 Å². The van der Waals surface area contributed by atoms with Crippen LogP contribution in [0, 0.1) is 6.92 Å². The van der Waals surface area contributed by atoms with Gasteiger partial charge in [-0.05, 0) is 43.3 Å². The zero-order chi connectivity index (χ0) is 20.8. The largest absolute Gasteiger partial charge is 0.492 e. The smallest absolute Gasteiger partial charge is 0.220 e. The van der Waals surface area contributed by atoms with Crippen molar-refractivity contribution in [3.63, 3.8) is 0 Å². The highest BCUT2D eigenvalue weighted by Crippen LogP contribution is 2.22. The third-order valence-electron chi connectivity index (χ3n) is 4.93. The summed E-state index contributed by atoms with van der Waals surface area (Å²) in [4.78, 5) is 17.1. The number of aromatic nitrogens is 2. The predicted molar refractivity (Wildman–Crippen MR) is 119 cm³/mol. The lowest BCUT2D eigenvalue weighted by Crippen LogP contribution is -2.28. The maximum atomic E-state index is 12.3. The molecule has 0 radical (unpaired) electrons. The molecule has 1 aromatic heterocycles. The van der Waals surface area contributed by atoms with Crippen molar-refractivity contribution in [2.45, 2.75) is 19.8 Å². The van der Waals surface area contributed by atoms with Crippen LogP contribution < -0.4 is 10.1 Å². The van der Waals surface area contributed by atoms with E-state index >= 15 is 0 Å². The first-order chi connectivity index (χ1) is 14.7. The number of benzene rings is 3. The van der Waals surface area contributed by atoms with E-state index in [1.807, 2.05) is 67.6 Å². The van der Waals surface area contributed by atoms with Crippen molar-refractivity contribution in [2.24, 2.45) is 0 Å². The number of para-hydroxylation sites is 3. The SMILES string of the molecule is Cc1ccc(OCCNC(=O)CCc2nc3ccccc3n2-c2ccccc2)cc1. The molecule has 0 saturated carbocycles. The Hall–Kier alpha value is -3.60. The summed E-state index contributed by atoms with van der Waals surface area (Å²) in [5, 5.41) is 2.93. The molecule has 0 atom stereocenters. The van der Waals surface area contributed by atoms with Gasteiger partial charge in [0, 0.05) is 18.5 Å². The normalized spacial score (nSPS) is 10.8. The molecule has 152 valence electrons. The number of fused-ring (bicyclic) bond motifs is 1. The molecule has 0 aliphatic heterocycles. The fraction of sp³-hybridized carbons (Fsp3) is 0.200. The second-order valence-electron chi connectivity index (χ2n) is 7.20. The van der Waals surface area contributed by atoms with E-state index in [-0.39, 0.29) is 5.91 Å². The van der Waals surface area contributed by atoms with Crippen LogP contribution in [-0.4, -0.2) is 28.6 Å². The van der Waals surface area contributed by atoms with E-state index in [0.29, 0.717) is 26.0 Å². The quantitative estimate of drug-likeness (QED) is 0.445. The van der Waals surface area contributed by atoms with E-state index in [1.165, 1.54) is 5.56 Å². The summed E-state index contributed by atoms with van der Waals surface area (Å²) >= 11 is 0. The van der Waals surface area contributed by atoms with Crippen molar-refractivity contribution in [1.29, 1.82) is 0 Å². The number of ether oxygens (including phenoxy) is 1. The summed E-state index contributed by atoms with van der Waals surface area (Å²) in [6.07, 6.45) is 0.939. The van der Waals surface area contributed by atoms with Crippen molar-refractivity contribution in [3.05, 3.63) is 90.3 Å². The first-order valence-corrected chi connectivity index (χ1v) is 10.2. The number of amides is 1. The number of carbonyl (C=O) groups excluding carboxylic acids is 1. The number of nitrogens with zero attached hydrogens (tertiary/aromatic N) is 2. The van der Waals surface area contributed by atoms with Crippen molar-refractivity contribution >= 4 is 16.9 Å². The second kappa shape index (κ2) is 9.27. The highest BCUT2D eigenvalue weighted by molar-refractivity contribution is 5.79. The Balaban J connectivity index is 1.35. The lowest BCUT2D eigenvalue weighted by atomic mass is 10.2. The van der Waals surface area contributed by atoms with E-state index in [2.05, 4.69) is 28.1 Å². The summed E-state index contributed by atoms with van der Waals surface area (Å²) in [5.74, 6) is 1.69. The molecule has 5 nitrogen and oxygen atoms in total. The molecule has 0 aliphatic carbocycles. The number of rotatable bonds is 8. The van der Waals surface area contributed by atoms with Gasteiger partial charge in [0.1, 0.15) is 18.2 Å². The fourth-order valence-corrected chi connectivity index (χ4v) is 3.42. The van der Waals surface area contributed by atoms with Gasteiger partial charge in [0.25, 0.3) is 0 Å². The van der Waals surface area contributed by atoms with Gasteiger partial charge in [0.15, 0.2) is 0 Å². The molecule has 0 aliphatic rings. The number of hydrogen-bond acceptors (Lipinski definition) is 3. The average Bonchev–Trinajstić information content (AvgIpc) is 3.15. The van der Waals surface area contributed by atoms with E-state index in [0.717, 1.165) is 28.3 Å². The highest BCUT2D eigenvalue weighted by atomic mass is 16.5. The minimum Gasteiger partial charge on any atom is -0.492 e. The van der Waals surface area contributed by atoms with E-state index in [4.69, 9.17) is 9.72 Å². The Morgan fingerprint density at radius 1 is 0.967 bits per heavy atom. The number of carbonyl (C=O) groups is 1. The van der Waals surface area contributed by atoms with Crippen LogP contribution >= 0.6 is 0 Å². The number of nitrogens with one attached hydrogen (secondary N) is 1. The second-order valence-corrected chi connectivity index (χ2v) is 7.20. The Bertz CT molecular complexity index is 1120. The van der Waals surface area contributed by atoms with Crippen molar-refractivity contribution in [3.8, 4) is 11.4 Å². The molecule has 1 N–H and O–H groups in total. The van der Waals surface area contributed by atoms with Gasteiger partial charge in [0.2, 0.25) is 5.91 Å². The number of imidazole rings is 1. The molecule has 1 amide bonds. The van der Waals surface area contributed by atoms with Gasteiger partial charge in [0.05, 0.1) is 17.6 Å². The molecule has 0 spiro atoms. The molecular weight excluding hydrogens is 374 g/mol. The van der Waals surface area contributed by atoms with Gasteiger partial charge in [-0.15, -0.1) is 0 Å². The first-order valence-electron chi connectivity index (χ1n) is 10.2. The molecule has 0 saturated heterocycles. The van der Waals surface area contributed by atoms with Gasteiger partial charge in [-0.3, -0.25) is 9.36 Å². The molecule has 0 unspecified atom stereocenters. The van der Waals surface area contributed by atoms with E-state index in [1.54, 1.807) is 0 Å². The third-order valence-corrected chi connectivity index (χ3v) is 4.93. The minimum absolute atomic E-state index is 0.00539. The fourth-order valence-electron chi connectivity index (χ4n) is 3.42. The van der Waals surface area contributed by atoms with Crippen molar-refractivity contribution in [1.82, 2.24) is 14.9 Å². The Labute approximate surface area is 176 Å². The monoisotopic (exact) mass is 399 g/mol. The van der Waals surface area contributed by atoms with Gasteiger partial charge < -0.3 is 10.1 Å². The molecule has 1 heterocycles. The maximum absolute atomic E-state index is 12.3. The summed E-state index contributed by atoms with van der Waals surface area (Å²) in [6.45, 7) is 2.95. The summed E-state index contributed by atoms with van der Waals surface area (Å²) in [6, 6.07) is 26.1. The maximum Gasteiger partial charge on any atom is 0.220 e. The van der Waals surface area contributed by atoms with Crippen LogP contribution in [0.2, 0.25) is 0 Å². The van der Waals surface area contributed by atoms with E-state index in [9.17, 15) is 4.79 Å². The van der Waals surface area contributed by atoms with Crippen molar-refractivity contribution in [2.75, 3.05) is 13.2 Å². The molecule has 0 bridgehead atoms.